The molecule has 9 heteroatoms. The highest BCUT2D eigenvalue weighted by Gasteiger charge is 2.23. The van der Waals surface area contributed by atoms with Crippen molar-refractivity contribution in [3.05, 3.63) is 70.8 Å². The largest absolute Gasteiger partial charge is 0.488 e. The Bertz CT molecular complexity index is 1140. The lowest BCUT2D eigenvalue weighted by Crippen LogP contribution is -2.23. The van der Waals surface area contributed by atoms with E-state index in [0.29, 0.717) is 35.0 Å². The lowest BCUT2D eigenvalue weighted by atomic mass is 10.00. The topological polar surface area (TPSA) is 81.4 Å². The van der Waals surface area contributed by atoms with Crippen LogP contribution < -0.4 is 10.1 Å². The molecular weight excluding hydrogens is 421 g/mol. The average Bonchev–Trinajstić information content (AvgIpc) is 3.17. The summed E-state index contributed by atoms with van der Waals surface area (Å²) in [5.41, 5.74) is 2.42. The molecule has 1 aliphatic rings. The predicted octanol–water partition coefficient (Wildman–Crippen LogP) is 3.91. The summed E-state index contributed by atoms with van der Waals surface area (Å²) in [4.78, 5) is 25.9. The van der Waals surface area contributed by atoms with Crippen LogP contribution in [0.3, 0.4) is 0 Å². The molecule has 0 atom stereocenters. The third-order valence-corrected chi connectivity index (χ3v) is 5.27. The van der Waals surface area contributed by atoms with Gasteiger partial charge < -0.3 is 14.6 Å². The number of aryl methyl sites for hydroxylation is 1. The van der Waals surface area contributed by atoms with Crippen LogP contribution in [0.15, 0.2) is 47.8 Å². The fourth-order valence-corrected chi connectivity index (χ4v) is 3.49. The second-order valence-electron chi connectivity index (χ2n) is 7.14. The quantitative estimate of drug-likeness (QED) is 0.536. The van der Waals surface area contributed by atoms with Gasteiger partial charge in [0.25, 0.3) is 0 Å². The van der Waals surface area contributed by atoms with E-state index in [1.807, 2.05) is 13.1 Å². The molecule has 31 heavy (non-hydrogen) atoms. The van der Waals surface area contributed by atoms with Crippen molar-refractivity contribution in [3.8, 4) is 5.75 Å². The molecule has 1 N–H and O–H groups in total. The Kier molecular flexibility index (Phi) is 6.39. The van der Waals surface area contributed by atoms with Gasteiger partial charge in [0.1, 0.15) is 24.0 Å². The van der Waals surface area contributed by atoms with E-state index in [0.717, 1.165) is 18.9 Å². The van der Waals surface area contributed by atoms with Gasteiger partial charge in [0.2, 0.25) is 0 Å². The molecule has 0 unspecified atom stereocenters. The molecule has 0 bridgehead atoms. The minimum Gasteiger partial charge on any atom is -0.488 e. The number of imidazole rings is 1. The number of rotatable bonds is 8. The molecular formula is C22H21ClFN5O2. The third kappa shape index (κ3) is 4.98. The number of hydrogen-bond donors (Lipinski definition) is 1. The first-order chi connectivity index (χ1) is 15.0. The Labute approximate surface area is 184 Å². The highest BCUT2D eigenvalue weighted by molar-refractivity contribution is 6.30. The molecule has 7 nitrogen and oxygen atoms in total. The monoisotopic (exact) mass is 441 g/mol. The van der Waals surface area contributed by atoms with Gasteiger partial charge in [-0.25, -0.2) is 9.37 Å². The number of nitrogens with one attached hydrogen (secondary N) is 1. The predicted molar refractivity (Wildman–Crippen MR) is 116 cm³/mol. The molecule has 4 rings (SSSR count). The zero-order valence-corrected chi connectivity index (χ0v) is 17.7. The number of aliphatic imine (C=N–C) groups is 1. The number of nitrogens with zero attached hydrogens (tertiary/aromatic N) is 4. The van der Waals surface area contributed by atoms with Gasteiger partial charge in [-0.1, -0.05) is 11.6 Å². The normalized spacial score (nSPS) is 13.1. The molecule has 0 radical (unpaired) electrons. The first-order valence-corrected chi connectivity index (χ1v) is 10.2. The minimum absolute atomic E-state index is 0.0204. The number of ketones is 1. The maximum absolute atomic E-state index is 13.3. The van der Waals surface area contributed by atoms with E-state index in [1.54, 1.807) is 18.5 Å². The fraction of sp³-hybridized carbons (Fsp3) is 0.273. The molecule has 0 amide bonds. The van der Waals surface area contributed by atoms with E-state index in [4.69, 9.17) is 16.3 Å². The third-order valence-electron chi connectivity index (χ3n) is 4.98. The first kappa shape index (κ1) is 21.1. The number of halogens is 2. The van der Waals surface area contributed by atoms with Crippen molar-refractivity contribution in [2.45, 2.75) is 26.4 Å². The number of Topliss-reactive ketones (excluding diaryl/α,β-unsaturated/α-hetero) is 1. The van der Waals surface area contributed by atoms with Crippen molar-refractivity contribution in [2.75, 3.05) is 13.2 Å². The van der Waals surface area contributed by atoms with Crippen LogP contribution in [0.25, 0.3) is 0 Å². The molecule has 0 spiro atoms. The summed E-state index contributed by atoms with van der Waals surface area (Å²) in [5.74, 6) is 0.826. The lowest BCUT2D eigenvalue weighted by Gasteiger charge is -2.18. The average molecular weight is 442 g/mol. The Morgan fingerprint density at radius 3 is 2.90 bits per heavy atom. The van der Waals surface area contributed by atoms with Gasteiger partial charge in [0.15, 0.2) is 5.78 Å². The van der Waals surface area contributed by atoms with Crippen LogP contribution in [0.2, 0.25) is 5.02 Å². The molecule has 1 aliphatic heterocycles. The van der Waals surface area contributed by atoms with E-state index >= 15 is 0 Å². The van der Waals surface area contributed by atoms with Crippen molar-refractivity contribution in [3.63, 3.8) is 0 Å². The fourth-order valence-electron chi connectivity index (χ4n) is 3.32. The number of pyridine rings is 1. The van der Waals surface area contributed by atoms with Gasteiger partial charge in [0, 0.05) is 49.9 Å². The molecule has 0 fully saturated rings. The van der Waals surface area contributed by atoms with Crippen LogP contribution in [-0.4, -0.2) is 39.2 Å². The van der Waals surface area contributed by atoms with Gasteiger partial charge >= 0.3 is 0 Å². The molecule has 1 aromatic carbocycles. The van der Waals surface area contributed by atoms with E-state index < -0.39 is 5.82 Å². The van der Waals surface area contributed by atoms with E-state index in [2.05, 4.69) is 24.8 Å². The van der Waals surface area contributed by atoms with Crippen LogP contribution in [-0.2, 0) is 13.1 Å². The second kappa shape index (κ2) is 9.36. The number of fused-ring (bicyclic) bond motifs is 1. The van der Waals surface area contributed by atoms with E-state index in [9.17, 15) is 9.18 Å². The van der Waals surface area contributed by atoms with Crippen molar-refractivity contribution >= 4 is 28.8 Å². The maximum Gasteiger partial charge on any atom is 0.170 e. The summed E-state index contributed by atoms with van der Waals surface area (Å²) in [6, 6.07) is 5.81. The maximum atomic E-state index is 13.3. The van der Waals surface area contributed by atoms with Crippen molar-refractivity contribution < 1.29 is 13.9 Å². The Balaban J connectivity index is 1.43. The molecule has 0 aliphatic carbocycles. The van der Waals surface area contributed by atoms with Gasteiger partial charge in [-0.3, -0.25) is 14.8 Å². The van der Waals surface area contributed by atoms with Crippen LogP contribution in [0.4, 0.5) is 10.1 Å². The van der Waals surface area contributed by atoms with Crippen LogP contribution in [0, 0.1) is 12.7 Å². The standard InChI is InChI=1S/C22H21ClFN5O2/c1-14-26-7-9-29(14)8-6-25-12-20-22-17(4-5-27-20)21(30)10-15(28-22)13-31-16-2-3-19(24)18(23)11-16/h2-5,7,9,11,25H,6,8,10,12-13H2,1H3. The van der Waals surface area contributed by atoms with Crippen LogP contribution in [0.1, 0.15) is 28.3 Å². The van der Waals surface area contributed by atoms with Crippen molar-refractivity contribution in [1.29, 1.82) is 0 Å². The first-order valence-electron chi connectivity index (χ1n) is 9.85. The Morgan fingerprint density at radius 1 is 1.26 bits per heavy atom. The molecule has 2 aromatic heterocycles. The molecule has 3 heterocycles. The van der Waals surface area contributed by atoms with Crippen molar-refractivity contribution in [2.24, 2.45) is 4.99 Å². The van der Waals surface area contributed by atoms with Crippen LogP contribution >= 0.6 is 11.6 Å². The number of hydrogen-bond acceptors (Lipinski definition) is 6. The zero-order valence-electron chi connectivity index (χ0n) is 16.9. The Hall–Kier alpha value is -3.10. The number of carbonyl (C=O) groups is 1. The number of benzene rings is 1. The molecule has 0 saturated carbocycles. The van der Waals surface area contributed by atoms with Gasteiger partial charge in [-0.05, 0) is 25.1 Å². The lowest BCUT2D eigenvalue weighted by molar-refractivity contribution is 0.0998. The van der Waals surface area contributed by atoms with Crippen molar-refractivity contribution in [1.82, 2.24) is 19.9 Å². The van der Waals surface area contributed by atoms with Crippen LogP contribution in [0.5, 0.6) is 5.75 Å². The molecule has 160 valence electrons. The molecule has 3 aromatic rings. The number of ether oxygens (including phenoxy) is 1. The highest BCUT2D eigenvalue weighted by Crippen LogP contribution is 2.29. The summed E-state index contributed by atoms with van der Waals surface area (Å²) < 4.78 is 21.0. The number of carbonyl (C=O) groups excluding carboxylic acids is 1. The Morgan fingerprint density at radius 2 is 2.13 bits per heavy atom. The summed E-state index contributed by atoms with van der Waals surface area (Å²) in [6.45, 7) is 4.05. The summed E-state index contributed by atoms with van der Waals surface area (Å²) in [7, 11) is 0. The second-order valence-corrected chi connectivity index (χ2v) is 7.55. The SMILES string of the molecule is Cc1nccn1CCNCc1nccc2c1N=C(COc1ccc(F)c(Cl)c1)CC2=O. The summed E-state index contributed by atoms with van der Waals surface area (Å²) in [5, 5.41) is 3.32. The summed E-state index contributed by atoms with van der Waals surface area (Å²) >= 11 is 5.79. The van der Waals surface area contributed by atoms with Gasteiger partial charge in [-0.2, -0.15) is 0 Å². The minimum atomic E-state index is -0.514. The summed E-state index contributed by atoms with van der Waals surface area (Å²) in [6.07, 6.45) is 5.50. The smallest absolute Gasteiger partial charge is 0.170 e. The van der Waals surface area contributed by atoms with Gasteiger partial charge in [-0.15, -0.1) is 0 Å². The van der Waals surface area contributed by atoms with E-state index in [1.165, 1.54) is 18.2 Å². The van der Waals surface area contributed by atoms with E-state index in [-0.39, 0.29) is 23.8 Å². The highest BCUT2D eigenvalue weighted by atomic mass is 35.5. The van der Waals surface area contributed by atoms with Gasteiger partial charge in [0.05, 0.1) is 28.5 Å². The number of aromatic nitrogens is 3. The zero-order chi connectivity index (χ0) is 21.8. The molecule has 0 saturated heterocycles.